The molecule has 0 aliphatic heterocycles. The van der Waals surface area contributed by atoms with Crippen molar-refractivity contribution in [3.05, 3.63) is 30.3 Å². The van der Waals surface area contributed by atoms with E-state index in [2.05, 4.69) is 10.6 Å². The second-order valence-corrected chi connectivity index (χ2v) is 5.79. The number of rotatable bonds is 4. The molecule has 1 amide bonds. The van der Waals surface area contributed by atoms with Crippen molar-refractivity contribution >= 4 is 11.6 Å². The molecule has 2 N–H and O–H groups in total. The lowest BCUT2D eigenvalue weighted by molar-refractivity contribution is -0.118. The van der Waals surface area contributed by atoms with E-state index in [1.807, 2.05) is 37.3 Å². The fourth-order valence-electron chi connectivity index (χ4n) is 2.82. The number of nitrogens with one attached hydrogen (secondary N) is 2. The summed E-state index contributed by atoms with van der Waals surface area (Å²) in [6.45, 7) is 1.96. The molecule has 1 saturated carbocycles. The maximum absolute atomic E-state index is 12.2. The van der Waals surface area contributed by atoms with E-state index in [4.69, 9.17) is 0 Å². The minimum atomic E-state index is -0.139. The summed E-state index contributed by atoms with van der Waals surface area (Å²) < 4.78 is 0. The van der Waals surface area contributed by atoms with Crippen LogP contribution in [0.25, 0.3) is 0 Å². The van der Waals surface area contributed by atoms with Gasteiger partial charge in [0.25, 0.3) is 0 Å². The van der Waals surface area contributed by atoms with E-state index in [9.17, 15) is 4.79 Å². The Balaban J connectivity index is 1.80. The SMILES string of the molecule is CC(NC1CCCCCCC1)C(=O)Nc1ccccc1. The smallest absolute Gasteiger partial charge is 0.241 e. The molecule has 1 aromatic rings. The van der Waals surface area contributed by atoms with Gasteiger partial charge >= 0.3 is 0 Å². The van der Waals surface area contributed by atoms with Crippen LogP contribution >= 0.6 is 0 Å². The zero-order valence-electron chi connectivity index (χ0n) is 12.4. The van der Waals surface area contributed by atoms with Crippen LogP contribution in [-0.2, 0) is 4.79 Å². The summed E-state index contributed by atoms with van der Waals surface area (Å²) in [5.74, 6) is 0.0539. The Kier molecular flexibility index (Phi) is 6.06. The Morgan fingerprint density at radius 3 is 2.30 bits per heavy atom. The first kappa shape index (κ1) is 15.0. The summed E-state index contributed by atoms with van der Waals surface area (Å²) >= 11 is 0. The number of para-hydroxylation sites is 1. The van der Waals surface area contributed by atoms with Crippen LogP contribution in [0.5, 0.6) is 0 Å². The van der Waals surface area contributed by atoms with Crippen LogP contribution in [0.15, 0.2) is 30.3 Å². The minimum Gasteiger partial charge on any atom is -0.325 e. The molecule has 3 nitrogen and oxygen atoms in total. The lowest BCUT2D eigenvalue weighted by Gasteiger charge is -2.24. The van der Waals surface area contributed by atoms with Crippen LogP contribution in [-0.4, -0.2) is 18.0 Å². The molecule has 0 saturated heterocycles. The normalized spacial score (nSPS) is 18.9. The topological polar surface area (TPSA) is 41.1 Å². The highest BCUT2D eigenvalue weighted by atomic mass is 16.2. The van der Waals surface area contributed by atoms with E-state index in [0.29, 0.717) is 6.04 Å². The minimum absolute atomic E-state index is 0.0539. The summed E-state index contributed by atoms with van der Waals surface area (Å²) in [5, 5.41) is 6.45. The van der Waals surface area contributed by atoms with Gasteiger partial charge < -0.3 is 10.6 Å². The van der Waals surface area contributed by atoms with Crippen molar-refractivity contribution in [2.24, 2.45) is 0 Å². The number of carbonyl (C=O) groups excluding carboxylic acids is 1. The van der Waals surface area contributed by atoms with Gasteiger partial charge in [0.1, 0.15) is 0 Å². The molecule has 3 heteroatoms. The van der Waals surface area contributed by atoms with Gasteiger partial charge in [-0.05, 0) is 31.9 Å². The van der Waals surface area contributed by atoms with E-state index in [1.54, 1.807) is 0 Å². The van der Waals surface area contributed by atoms with Crippen LogP contribution in [0.4, 0.5) is 5.69 Å². The molecule has 2 rings (SSSR count). The monoisotopic (exact) mass is 274 g/mol. The average Bonchev–Trinajstić information content (AvgIpc) is 2.42. The molecule has 110 valence electrons. The average molecular weight is 274 g/mol. The standard InChI is InChI=1S/C17H26N2O/c1-14(17(20)19-16-12-8-5-9-13-16)18-15-10-6-3-2-4-7-11-15/h5,8-9,12-15,18H,2-4,6-7,10-11H2,1H3,(H,19,20). The predicted octanol–water partition coefficient (Wildman–Crippen LogP) is 3.72. The van der Waals surface area contributed by atoms with Crippen molar-refractivity contribution < 1.29 is 4.79 Å². The van der Waals surface area contributed by atoms with Crippen molar-refractivity contribution in [3.8, 4) is 0 Å². The van der Waals surface area contributed by atoms with Gasteiger partial charge in [-0.25, -0.2) is 0 Å². The quantitative estimate of drug-likeness (QED) is 0.878. The Bertz CT molecular complexity index is 397. The highest BCUT2D eigenvalue weighted by molar-refractivity contribution is 5.94. The highest BCUT2D eigenvalue weighted by Gasteiger charge is 2.18. The molecule has 1 aliphatic rings. The first-order valence-corrected chi connectivity index (χ1v) is 7.87. The molecule has 0 aromatic heterocycles. The van der Waals surface area contributed by atoms with E-state index in [-0.39, 0.29) is 11.9 Å². The summed E-state index contributed by atoms with van der Waals surface area (Å²) in [5.41, 5.74) is 0.865. The molecular weight excluding hydrogens is 248 g/mol. The maximum atomic E-state index is 12.2. The van der Waals surface area contributed by atoms with Gasteiger partial charge in [0.05, 0.1) is 6.04 Å². The molecule has 1 aromatic carbocycles. The Hall–Kier alpha value is -1.35. The van der Waals surface area contributed by atoms with Gasteiger partial charge in [0.15, 0.2) is 0 Å². The van der Waals surface area contributed by atoms with Gasteiger partial charge in [-0.2, -0.15) is 0 Å². The van der Waals surface area contributed by atoms with Crippen LogP contribution in [0.1, 0.15) is 51.9 Å². The van der Waals surface area contributed by atoms with E-state index in [0.717, 1.165) is 5.69 Å². The van der Waals surface area contributed by atoms with Crippen LogP contribution in [0, 0.1) is 0 Å². The fraction of sp³-hybridized carbons (Fsp3) is 0.588. The molecule has 1 fully saturated rings. The van der Waals surface area contributed by atoms with E-state index < -0.39 is 0 Å². The number of hydrogen-bond acceptors (Lipinski definition) is 2. The van der Waals surface area contributed by atoms with Gasteiger partial charge in [-0.15, -0.1) is 0 Å². The Morgan fingerprint density at radius 2 is 1.65 bits per heavy atom. The highest BCUT2D eigenvalue weighted by Crippen LogP contribution is 2.17. The zero-order chi connectivity index (χ0) is 14.2. The number of anilines is 1. The third-order valence-electron chi connectivity index (χ3n) is 4.03. The van der Waals surface area contributed by atoms with Crippen LogP contribution in [0.2, 0.25) is 0 Å². The third kappa shape index (κ3) is 4.97. The second-order valence-electron chi connectivity index (χ2n) is 5.79. The first-order chi connectivity index (χ1) is 9.75. The van der Waals surface area contributed by atoms with Crippen LogP contribution in [0.3, 0.4) is 0 Å². The van der Waals surface area contributed by atoms with E-state index >= 15 is 0 Å². The summed E-state index contributed by atoms with van der Waals surface area (Å²) in [6, 6.07) is 10.0. The molecule has 0 bridgehead atoms. The zero-order valence-corrected chi connectivity index (χ0v) is 12.4. The van der Waals surface area contributed by atoms with Gasteiger partial charge in [0, 0.05) is 11.7 Å². The number of hydrogen-bond donors (Lipinski definition) is 2. The summed E-state index contributed by atoms with van der Waals surface area (Å²) in [7, 11) is 0. The molecule has 1 aliphatic carbocycles. The Labute approximate surface area is 122 Å². The van der Waals surface area contributed by atoms with Crippen molar-refractivity contribution in [2.45, 2.75) is 64.0 Å². The number of amides is 1. The van der Waals surface area contributed by atoms with Crippen LogP contribution < -0.4 is 10.6 Å². The summed E-state index contributed by atoms with van der Waals surface area (Å²) in [4.78, 5) is 12.2. The molecule has 0 spiro atoms. The first-order valence-electron chi connectivity index (χ1n) is 7.87. The number of carbonyl (C=O) groups is 1. The third-order valence-corrected chi connectivity index (χ3v) is 4.03. The van der Waals surface area contributed by atoms with Gasteiger partial charge in [-0.3, -0.25) is 4.79 Å². The van der Waals surface area contributed by atoms with Crippen molar-refractivity contribution in [1.82, 2.24) is 5.32 Å². The lowest BCUT2D eigenvalue weighted by Crippen LogP contribution is -2.44. The fourth-order valence-corrected chi connectivity index (χ4v) is 2.82. The lowest BCUT2D eigenvalue weighted by atomic mass is 9.96. The van der Waals surface area contributed by atoms with Crippen molar-refractivity contribution in [1.29, 1.82) is 0 Å². The number of benzene rings is 1. The van der Waals surface area contributed by atoms with Crippen molar-refractivity contribution in [3.63, 3.8) is 0 Å². The molecule has 0 heterocycles. The second kappa shape index (κ2) is 8.05. The van der Waals surface area contributed by atoms with E-state index in [1.165, 1.54) is 44.9 Å². The molecule has 1 atom stereocenters. The maximum Gasteiger partial charge on any atom is 0.241 e. The molecule has 20 heavy (non-hydrogen) atoms. The largest absolute Gasteiger partial charge is 0.325 e. The van der Waals surface area contributed by atoms with Crippen molar-refractivity contribution in [2.75, 3.05) is 5.32 Å². The molecule has 1 unspecified atom stereocenters. The molecule has 0 radical (unpaired) electrons. The summed E-state index contributed by atoms with van der Waals surface area (Å²) in [6.07, 6.45) is 9.00. The molecular formula is C17H26N2O. The van der Waals surface area contributed by atoms with Gasteiger partial charge in [-0.1, -0.05) is 50.3 Å². The van der Waals surface area contributed by atoms with Gasteiger partial charge in [0.2, 0.25) is 5.91 Å². The Morgan fingerprint density at radius 1 is 1.05 bits per heavy atom. The predicted molar refractivity (Wildman–Crippen MR) is 83.8 cm³/mol.